The summed E-state index contributed by atoms with van der Waals surface area (Å²) in [6, 6.07) is 4.71. The van der Waals surface area contributed by atoms with Crippen LogP contribution in [0, 0.1) is 0 Å². The Morgan fingerprint density at radius 1 is 1.07 bits per heavy atom. The van der Waals surface area contributed by atoms with E-state index in [4.69, 9.17) is 0 Å². The van der Waals surface area contributed by atoms with Gasteiger partial charge < -0.3 is 0 Å². The average Bonchev–Trinajstić information content (AvgIpc) is 2.69. The number of aromatic nitrogens is 3. The third kappa shape index (κ3) is 1.98. The smallest absolute Gasteiger partial charge is 0.221 e. The molecule has 1 aromatic carbocycles. The number of benzene rings is 1. The van der Waals surface area contributed by atoms with Gasteiger partial charge in [-0.25, -0.2) is 4.68 Å². The Bertz CT molecular complexity index is 431. The Hall–Kier alpha value is -1.85. The summed E-state index contributed by atoms with van der Waals surface area (Å²) < 4.78 is 38.1. The first-order valence-electron chi connectivity index (χ1n) is 4.11. The minimum absolute atomic E-state index is 0.542. The average molecular weight is 213 g/mol. The van der Waals surface area contributed by atoms with E-state index in [-0.39, 0.29) is 0 Å². The maximum Gasteiger partial charge on any atom is 0.416 e. The van der Waals surface area contributed by atoms with Gasteiger partial charge in [-0.2, -0.15) is 13.2 Å². The highest BCUT2D eigenvalue weighted by Gasteiger charge is 2.29. The van der Waals surface area contributed by atoms with Crippen molar-refractivity contribution >= 4 is 0 Å². The largest absolute Gasteiger partial charge is 0.416 e. The van der Waals surface area contributed by atoms with Gasteiger partial charge in [0.15, 0.2) is 0 Å². The van der Waals surface area contributed by atoms with Crippen LogP contribution in [0.15, 0.2) is 36.7 Å². The number of hydrogen-bond donors (Lipinski definition) is 0. The van der Waals surface area contributed by atoms with Crippen LogP contribution in [0.2, 0.25) is 0 Å². The van der Waals surface area contributed by atoms with Crippen molar-refractivity contribution in [2.45, 2.75) is 6.18 Å². The van der Waals surface area contributed by atoms with E-state index in [2.05, 4.69) is 10.3 Å². The van der Waals surface area contributed by atoms with Crippen LogP contribution in [0.25, 0.3) is 5.69 Å². The van der Waals surface area contributed by atoms with Crippen molar-refractivity contribution in [2.24, 2.45) is 0 Å². The molecule has 0 atom stereocenters. The molecule has 0 aliphatic rings. The fraction of sp³-hybridized carbons (Fsp3) is 0.111. The molecule has 6 heteroatoms. The molecular weight excluding hydrogens is 207 g/mol. The molecule has 0 aliphatic carbocycles. The van der Waals surface area contributed by atoms with Crippen LogP contribution < -0.4 is 0 Å². The van der Waals surface area contributed by atoms with Gasteiger partial charge in [-0.15, -0.1) is 5.10 Å². The molecule has 0 N–H and O–H groups in total. The first-order chi connectivity index (χ1) is 7.07. The number of halogens is 3. The van der Waals surface area contributed by atoms with Crippen LogP contribution in [0.3, 0.4) is 0 Å². The van der Waals surface area contributed by atoms with Gasteiger partial charge in [-0.05, 0) is 24.3 Å². The van der Waals surface area contributed by atoms with E-state index in [1.165, 1.54) is 23.0 Å². The molecule has 0 saturated heterocycles. The zero-order chi connectivity index (χ0) is 10.9. The molecule has 0 bridgehead atoms. The number of hydrogen-bond acceptors (Lipinski definition) is 2. The lowest BCUT2D eigenvalue weighted by atomic mass is 10.2. The van der Waals surface area contributed by atoms with Gasteiger partial charge in [0.1, 0.15) is 0 Å². The van der Waals surface area contributed by atoms with Crippen molar-refractivity contribution < 1.29 is 13.2 Å². The van der Waals surface area contributed by atoms with Crippen LogP contribution in [0.5, 0.6) is 0 Å². The van der Waals surface area contributed by atoms with Gasteiger partial charge >= 0.3 is 6.18 Å². The van der Waals surface area contributed by atoms with Crippen molar-refractivity contribution in [3.8, 4) is 5.69 Å². The summed E-state index contributed by atoms with van der Waals surface area (Å²) in [5, 5.41) is 7.22. The summed E-state index contributed by atoms with van der Waals surface area (Å²) in [4.78, 5) is 0. The fourth-order valence-electron chi connectivity index (χ4n) is 1.15. The molecule has 0 unspecified atom stereocenters. The van der Waals surface area contributed by atoms with Gasteiger partial charge in [-0.3, -0.25) is 0 Å². The molecule has 0 fully saturated rings. The second-order valence-corrected chi connectivity index (χ2v) is 2.89. The van der Waals surface area contributed by atoms with Crippen molar-refractivity contribution in [1.82, 2.24) is 15.0 Å². The summed E-state index contributed by atoms with van der Waals surface area (Å²) in [6.07, 6.45) is -1.29. The third-order valence-corrected chi connectivity index (χ3v) is 1.88. The maximum atomic E-state index is 12.2. The van der Waals surface area contributed by atoms with Crippen molar-refractivity contribution in [3.05, 3.63) is 42.2 Å². The Kier molecular flexibility index (Phi) is 2.18. The molecule has 2 rings (SSSR count). The van der Waals surface area contributed by atoms with Crippen molar-refractivity contribution in [3.63, 3.8) is 0 Å². The maximum absolute atomic E-state index is 12.2. The summed E-state index contributed by atoms with van der Waals surface area (Å²) in [7, 11) is 0. The standard InChI is InChI=1S/C9H6F3N3/c10-9(11,12)7-1-3-8(4-2-7)15-6-5-13-14-15/h1-6H. The van der Waals surface area contributed by atoms with Crippen LogP contribution in [-0.2, 0) is 6.18 Å². The predicted molar refractivity (Wildman–Crippen MR) is 46.4 cm³/mol. The van der Waals surface area contributed by atoms with Crippen molar-refractivity contribution in [2.75, 3.05) is 0 Å². The zero-order valence-electron chi connectivity index (χ0n) is 7.44. The van der Waals surface area contributed by atoms with E-state index >= 15 is 0 Å². The molecule has 1 heterocycles. The molecule has 0 spiro atoms. The lowest BCUT2D eigenvalue weighted by Gasteiger charge is -2.06. The van der Waals surface area contributed by atoms with Gasteiger partial charge in [0.25, 0.3) is 0 Å². The van der Waals surface area contributed by atoms with Gasteiger partial charge in [0, 0.05) is 0 Å². The van der Waals surface area contributed by atoms with Crippen LogP contribution in [-0.4, -0.2) is 15.0 Å². The third-order valence-electron chi connectivity index (χ3n) is 1.88. The van der Waals surface area contributed by atoms with E-state index < -0.39 is 11.7 Å². The minimum Gasteiger partial charge on any atom is -0.221 e. The Morgan fingerprint density at radius 2 is 1.73 bits per heavy atom. The van der Waals surface area contributed by atoms with E-state index in [0.717, 1.165) is 12.1 Å². The first kappa shape index (κ1) is 9.70. The summed E-state index contributed by atoms with van der Waals surface area (Å²) >= 11 is 0. The normalized spacial score (nSPS) is 11.7. The summed E-state index contributed by atoms with van der Waals surface area (Å²) in [5.74, 6) is 0. The topological polar surface area (TPSA) is 30.7 Å². The molecule has 0 amide bonds. The molecule has 0 aliphatic heterocycles. The van der Waals surface area contributed by atoms with Gasteiger partial charge in [0.2, 0.25) is 0 Å². The Balaban J connectivity index is 2.33. The van der Waals surface area contributed by atoms with E-state index in [9.17, 15) is 13.2 Å². The molecule has 78 valence electrons. The number of alkyl halides is 3. The van der Waals surface area contributed by atoms with Crippen LogP contribution in [0.1, 0.15) is 5.56 Å². The second kappa shape index (κ2) is 3.38. The second-order valence-electron chi connectivity index (χ2n) is 2.89. The van der Waals surface area contributed by atoms with Crippen LogP contribution >= 0.6 is 0 Å². The highest BCUT2D eigenvalue weighted by atomic mass is 19.4. The van der Waals surface area contributed by atoms with E-state index in [1.54, 1.807) is 6.20 Å². The molecule has 0 saturated carbocycles. The van der Waals surface area contributed by atoms with E-state index in [1.807, 2.05) is 0 Å². The first-order valence-corrected chi connectivity index (χ1v) is 4.11. The SMILES string of the molecule is FC(F)(F)c1ccc(-n2ccnn2)cc1. The Morgan fingerprint density at radius 3 is 2.20 bits per heavy atom. The quantitative estimate of drug-likeness (QED) is 0.727. The molecule has 2 aromatic rings. The summed E-state index contributed by atoms with van der Waals surface area (Å²) in [5.41, 5.74) is -0.133. The Labute approximate surface area is 83.1 Å². The molecule has 0 radical (unpaired) electrons. The minimum atomic E-state index is -4.30. The lowest BCUT2D eigenvalue weighted by Crippen LogP contribution is -2.05. The number of rotatable bonds is 1. The molecule has 3 nitrogen and oxygen atoms in total. The van der Waals surface area contributed by atoms with Crippen molar-refractivity contribution in [1.29, 1.82) is 0 Å². The molecule has 15 heavy (non-hydrogen) atoms. The van der Waals surface area contributed by atoms with E-state index in [0.29, 0.717) is 5.69 Å². The number of nitrogens with zero attached hydrogens (tertiary/aromatic N) is 3. The monoisotopic (exact) mass is 213 g/mol. The summed E-state index contributed by atoms with van der Waals surface area (Å²) in [6.45, 7) is 0. The lowest BCUT2D eigenvalue weighted by molar-refractivity contribution is -0.137. The molecule has 1 aromatic heterocycles. The van der Waals surface area contributed by atoms with Gasteiger partial charge in [-0.1, -0.05) is 5.21 Å². The van der Waals surface area contributed by atoms with Crippen LogP contribution in [0.4, 0.5) is 13.2 Å². The fourth-order valence-corrected chi connectivity index (χ4v) is 1.15. The highest BCUT2D eigenvalue weighted by Crippen LogP contribution is 2.29. The highest BCUT2D eigenvalue weighted by molar-refractivity contribution is 5.34. The molecular formula is C9H6F3N3. The zero-order valence-corrected chi connectivity index (χ0v) is 7.44. The predicted octanol–water partition coefficient (Wildman–Crippen LogP) is 2.29. The van der Waals surface area contributed by atoms with Gasteiger partial charge in [0.05, 0.1) is 23.6 Å².